The molecule has 0 aliphatic heterocycles. The first-order valence-electron chi connectivity index (χ1n) is 5.87. The molecule has 0 fully saturated rings. The lowest BCUT2D eigenvalue weighted by atomic mass is 10.2. The van der Waals surface area contributed by atoms with Crippen LogP contribution in [-0.4, -0.2) is 19.4 Å². The van der Waals surface area contributed by atoms with Gasteiger partial charge in [0.25, 0.3) is 8.32 Å². The number of carboxylic acids is 1. The third kappa shape index (κ3) is 3.83. The SMILES string of the molecule is CC(C)(C)[Si](C)(C)Oc1c(Br)cc(Br)cc1C(=O)O. The standard InChI is InChI=1S/C13H18Br2O3Si/c1-13(2,3)19(4,5)18-11-9(12(16)17)6-8(14)7-10(11)15/h6-7H,1-5H3,(H,16,17). The van der Waals surface area contributed by atoms with E-state index < -0.39 is 14.3 Å². The summed E-state index contributed by atoms with van der Waals surface area (Å²) in [5.41, 5.74) is 0.172. The van der Waals surface area contributed by atoms with Gasteiger partial charge in [0.2, 0.25) is 0 Å². The summed E-state index contributed by atoms with van der Waals surface area (Å²) in [5.74, 6) is -0.571. The minimum Gasteiger partial charge on any atom is -0.542 e. The van der Waals surface area contributed by atoms with Crippen molar-refractivity contribution in [2.75, 3.05) is 0 Å². The smallest absolute Gasteiger partial charge is 0.339 e. The Morgan fingerprint density at radius 2 is 1.79 bits per heavy atom. The van der Waals surface area contributed by atoms with Gasteiger partial charge in [-0.05, 0) is 46.2 Å². The van der Waals surface area contributed by atoms with Gasteiger partial charge >= 0.3 is 5.97 Å². The Hall–Kier alpha value is -0.333. The molecule has 0 unspecified atom stereocenters. The first kappa shape index (κ1) is 16.7. The fourth-order valence-electron chi connectivity index (χ4n) is 1.23. The Balaban J connectivity index is 3.32. The average Bonchev–Trinajstić information content (AvgIpc) is 2.19. The topological polar surface area (TPSA) is 46.5 Å². The normalized spacial score (nSPS) is 12.4. The molecule has 0 saturated carbocycles. The van der Waals surface area contributed by atoms with Gasteiger partial charge < -0.3 is 9.53 Å². The van der Waals surface area contributed by atoms with Gasteiger partial charge in [0.1, 0.15) is 11.3 Å². The molecule has 0 amide bonds. The summed E-state index contributed by atoms with van der Waals surface area (Å²) in [6.07, 6.45) is 0. The molecule has 19 heavy (non-hydrogen) atoms. The molecule has 106 valence electrons. The van der Waals surface area contributed by atoms with Crippen LogP contribution in [0.15, 0.2) is 21.1 Å². The first-order valence-corrected chi connectivity index (χ1v) is 10.4. The number of hydrogen-bond donors (Lipinski definition) is 1. The highest BCUT2D eigenvalue weighted by Gasteiger charge is 2.40. The molecule has 0 atom stereocenters. The minimum absolute atomic E-state index is 0.00921. The van der Waals surface area contributed by atoms with Crippen molar-refractivity contribution < 1.29 is 14.3 Å². The largest absolute Gasteiger partial charge is 0.542 e. The molecular weight excluding hydrogens is 392 g/mol. The molecule has 1 aromatic carbocycles. The average molecular weight is 410 g/mol. The van der Waals surface area contributed by atoms with E-state index in [4.69, 9.17) is 4.43 Å². The van der Waals surface area contributed by atoms with E-state index in [1.54, 1.807) is 12.1 Å². The fraction of sp³-hybridized carbons (Fsp3) is 0.462. The molecule has 0 aliphatic carbocycles. The predicted octanol–water partition coefficient (Wildman–Crippen LogP) is 5.29. The molecule has 0 radical (unpaired) electrons. The van der Waals surface area contributed by atoms with Gasteiger partial charge in [-0.3, -0.25) is 0 Å². The summed E-state index contributed by atoms with van der Waals surface area (Å²) < 4.78 is 7.50. The van der Waals surface area contributed by atoms with Gasteiger partial charge in [0.15, 0.2) is 0 Å². The summed E-state index contributed by atoms with van der Waals surface area (Å²) in [5, 5.41) is 9.32. The van der Waals surface area contributed by atoms with Crippen LogP contribution in [0.3, 0.4) is 0 Å². The molecule has 0 spiro atoms. The number of aromatic carboxylic acids is 1. The van der Waals surface area contributed by atoms with E-state index in [1.165, 1.54) is 0 Å². The highest BCUT2D eigenvalue weighted by Crippen LogP contribution is 2.41. The summed E-state index contributed by atoms with van der Waals surface area (Å²) >= 11 is 6.69. The van der Waals surface area contributed by atoms with Crippen LogP contribution < -0.4 is 4.43 Å². The molecule has 0 bridgehead atoms. The van der Waals surface area contributed by atoms with E-state index in [1.807, 2.05) is 0 Å². The van der Waals surface area contributed by atoms with E-state index in [9.17, 15) is 9.90 Å². The molecule has 1 rings (SSSR count). The van der Waals surface area contributed by atoms with Crippen molar-refractivity contribution in [3.05, 3.63) is 26.6 Å². The van der Waals surface area contributed by atoms with Crippen molar-refractivity contribution >= 4 is 46.1 Å². The van der Waals surface area contributed by atoms with Crippen LogP contribution in [0.2, 0.25) is 18.1 Å². The zero-order chi connectivity index (χ0) is 15.0. The number of benzene rings is 1. The van der Waals surface area contributed by atoms with Crippen LogP contribution in [0.25, 0.3) is 0 Å². The van der Waals surface area contributed by atoms with Crippen molar-refractivity contribution in [2.45, 2.75) is 38.9 Å². The van der Waals surface area contributed by atoms with Gasteiger partial charge in [-0.15, -0.1) is 0 Å². The fourth-order valence-corrected chi connectivity index (χ4v) is 3.72. The van der Waals surface area contributed by atoms with E-state index in [0.717, 1.165) is 0 Å². The first-order chi connectivity index (χ1) is 8.45. The highest BCUT2D eigenvalue weighted by molar-refractivity contribution is 9.11. The van der Waals surface area contributed by atoms with Gasteiger partial charge in [0, 0.05) is 4.47 Å². The Morgan fingerprint density at radius 1 is 1.26 bits per heavy atom. The zero-order valence-electron chi connectivity index (χ0n) is 11.7. The van der Waals surface area contributed by atoms with E-state index in [2.05, 4.69) is 65.7 Å². The second kappa shape index (κ2) is 5.58. The van der Waals surface area contributed by atoms with Crippen molar-refractivity contribution in [3.8, 4) is 5.75 Å². The molecule has 0 aromatic heterocycles. The van der Waals surface area contributed by atoms with Crippen molar-refractivity contribution in [1.82, 2.24) is 0 Å². The number of hydrogen-bond acceptors (Lipinski definition) is 2. The van der Waals surface area contributed by atoms with E-state index >= 15 is 0 Å². The summed E-state index contributed by atoms with van der Waals surface area (Å²) in [6, 6.07) is 3.37. The lowest BCUT2D eigenvalue weighted by molar-refractivity contribution is 0.0694. The number of carboxylic acid groups (broad SMARTS) is 1. The lowest BCUT2D eigenvalue weighted by Gasteiger charge is -2.37. The number of carbonyl (C=O) groups is 1. The van der Waals surface area contributed by atoms with Crippen molar-refractivity contribution in [3.63, 3.8) is 0 Å². The molecule has 0 saturated heterocycles. The van der Waals surface area contributed by atoms with Crippen LogP contribution in [-0.2, 0) is 0 Å². The zero-order valence-corrected chi connectivity index (χ0v) is 15.8. The van der Waals surface area contributed by atoms with Gasteiger partial charge in [-0.1, -0.05) is 36.7 Å². The number of halogens is 2. The molecule has 1 aromatic rings. The Labute approximate surface area is 131 Å². The quantitative estimate of drug-likeness (QED) is 0.689. The second-order valence-corrected chi connectivity index (χ2v) is 12.4. The molecular formula is C13H18Br2O3Si. The Kier molecular flexibility index (Phi) is 4.91. The third-order valence-electron chi connectivity index (χ3n) is 3.40. The minimum atomic E-state index is -2.08. The summed E-state index contributed by atoms with van der Waals surface area (Å²) in [7, 11) is -2.08. The Bertz CT molecular complexity index is 507. The van der Waals surface area contributed by atoms with E-state index in [0.29, 0.717) is 14.7 Å². The van der Waals surface area contributed by atoms with Gasteiger partial charge in [-0.25, -0.2) is 4.79 Å². The molecule has 0 heterocycles. The van der Waals surface area contributed by atoms with Crippen molar-refractivity contribution in [2.24, 2.45) is 0 Å². The Morgan fingerprint density at radius 3 is 2.21 bits per heavy atom. The van der Waals surface area contributed by atoms with Gasteiger partial charge in [-0.2, -0.15) is 0 Å². The highest BCUT2D eigenvalue weighted by atomic mass is 79.9. The van der Waals surface area contributed by atoms with Gasteiger partial charge in [0.05, 0.1) is 4.47 Å². The maximum Gasteiger partial charge on any atom is 0.339 e. The van der Waals surface area contributed by atoms with Crippen LogP contribution in [0.4, 0.5) is 0 Å². The van der Waals surface area contributed by atoms with Crippen LogP contribution in [0.5, 0.6) is 5.75 Å². The monoisotopic (exact) mass is 408 g/mol. The summed E-state index contributed by atoms with van der Waals surface area (Å²) in [6.45, 7) is 10.5. The maximum atomic E-state index is 11.4. The van der Waals surface area contributed by atoms with Crippen LogP contribution in [0, 0.1) is 0 Å². The van der Waals surface area contributed by atoms with Crippen LogP contribution in [0.1, 0.15) is 31.1 Å². The predicted molar refractivity (Wildman–Crippen MR) is 86.6 cm³/mol. The van der Waals surface area contributed by atoms with E-state index in [-0.39, 0.29) is 10.6 Å². The third-order valence-corrected chi connectivity index (χ3v) is 8.78. The molecule has 0 aliphatic rings. The lowest BCUT2D eigenvalue weighted by Crippen LogP contribution is -2.44. The summed E-state index contributed by atoms with van der Waals surface area (Å²) in [4.78, 5) is 11.4. The van der Waals surface area contributed by atoms with Crippen molar-refractivity contribution in [1.29, 1.82) is 0 Å². The second-order valence-electron chi connectivity index (χ2n) is 5.93. The number of rotatable bonds is 3. The maximum absolute atomic E-state index is 11.4. The van der Waals surface area contributed by atoms with Crippen LogP contribution >= 0.6 is 31.9 Å². The molecule has 3 nitrogen and oxygen atoms in total. The molecule has 6 heteroatoms. The molecule has 1 N–H and O–H groups in total.